The molecule has 0 radical (unpaired) electrons. The highest BCUT2D eigenvalue weighted by Crippen LogP contribution is 2.33. The van der Waals surface area contributed by atoms with E-state index in [1.807, 2.05) is 0 Å². The Kier molecular flexibility index (Phi) is 4.64. The van der Waals surface area contributed by atoms with Crippen molar-refractivity contribution in [3.05, 3.63) is 0 Å². The third-order valence-corrected chi connectivity index (χ3v) is 4.87. The number of nitriles is 1. The molecular formula is C15H27N3. The largest absolute Gasteiger partial charge is 0.300 e. The molecule has 2 rings (SSSR count). The van der Waals surface area contributed by atoms with Crippen molar-refractivity contribution in [3.8, 4) is 6.07 Å². The summed E-state index contributed by atoms with van der Waals surface area (Å²) < 4.78 is 0. The summed E-state index contributed by atoms with van der Waals surface area (Å²) >= 11 is 0. The molecule has 102 valence electrons. The lowest BCUT2D eigenvalue weighted by Gasteiger charge is -2.40. The zero-order valence-electron chi connectivity index (χ0n) is 11.9. The van der Waals surface area contributed by atoms with E-state index in [9.17, 15) is 5.26 Å². The Balaban J connectivity index is 1.96. The zero-order chi connectivity index (χ0) is 13.0. The van der Waals surface area contributed by atoms with Crippen LogP contribution in [0.4, 0.5) is 0 Å². The number of nitrogens with zero attached hydrogens (tertiary/aromatic N) is 2. The van der Waals surface area contributed by atoms with Gasteiger partial charge in [-0.05, 0) is 51.1 Å². The van der Waals surface area contributed by atoms with Gasteiger partial charge in [0.05, 0.1) is 6.07 Å². The van der Waals surface area contributed by atoms with Gasteiger partial charge in [-0.1, -0.05) is 20.3 Å². The lowest BCUT2D eigenvalue weighted by Crippen LogP contribution is -2.52. The molecule has 1 heterocycles. The van der Waals surface area contributed by atoms with E-state index < -0.39 is 0 Å². The summed E-state index contributed by atoms with van der Waals surface area (Å²) in [6.07, 6.45) is 7.18. The number of nitrogens with one attached hydrogen (secondary N) is 1. The van der Waals surface area contributed by atoms with E-state index in [0.29, 0.717) is 6.04 Å². The summed E-state index contributed by atoms with van der Waals surface area (Å²) in [4.78, 5) is 2.65. The van der Waals surface area contributed by atoms with Crippen molar-refractivity contribution in [3.63, 3.8) is 0 Å². The minimum atomic E-state index is -0.248. The smallest absolute Gasteiger partial charge is 0.108 e. The summed E-state index contributed by atoms with van der Waals surface area (Å²) in [5.74, 6) is 0.891. The molecular weight excluding hydrogens is 222 g/mol. The van der Waals surface area contributed by atoms with Gasteiger partial charge < -0.3 is 0 Å². The van der Waals surface area contributed by atoms with Crippen LogP contribution in [0.5, 0.6) is 0 Å². The first-order valence-electron chi connectivity index (χ1n) is 7.63. The van der Waals surface area contributed by atoms with Crippen LogP contribution in [0.3, 0.4) is 0 Å². The van der Waals surface area contributed by atoms with E-state index in [-0.39, 0.29) is 5.54 Å². The Labute approximate surface area is 112 Å². The highest BCUT2D eigenvalue weighted by atomic mass is 15.2. The second-order valence-electron chi connectivity index (χ2n) is 6.03. The number of hydrogen-bond donors (Lipinski definition) is 1. The van der Waals surface area contributed by atoms with Crippen molar-refractivity contribution >= 4 is 0 Å². The molecule has 0 spiro atoms. The Morgan fingerprint density at radius 2 is 2.22 bits per heavy atom. The van der Waals surface area contributed by atoms with Crippen molar-refractivity contribution in [2.45, 2.75) is 64.0 Å². The van der Waals surface area contributed by atoms with Gasteiger partial charge in [0, 0.05) is 12.6 Å². The fourth-order valence-electron chi connectivity index (χ4n) is 3.73. The van der Waals surface area contributed by atoms with Gasteiger partial charge in [0.25, 0.3) is 0 Å². The molecule has 18 heavy (non-hydrogen) atoms. The molecule has 3 atom stereocenters. The van der Waals surface area contributed by atoms with Gasteiger partial charge >= 0.3 is 0 Å². The van der Waals surface area contributed by atoms with E-state index in [1.54, 1.807) is 0 Å². The summed E-state index contributed by atoms with van der Waals surface area (Å²) in [5.41, 5.74) is -0.248. The maximum Gasteiger partial charge on any atom is 0.108 e. The van der Waals surface area contributed by atoms with Crippen LogP contribution in [0.2, 0.25) is 0 Å². The van der Waals surface area contributed by atoms with Gasteiger partial charge in [0.2, 0.25) is 0 Å². The van der Waals surface area contributed by atoms with Crippen LogP contribution in [0.25, 0.3) is 0 Å². The predicted octanol–water partition coefficient (Wildman–Crippen LogP) is 2.53. The first kappa shape index (κ1) is 13.8. The highest BCUT2D eigenvalue weighted by molar-refractivity contribution is 5.11. The molecule has 1 saturated heterocycles. The van der Waals surface area contributed by atoms with E-state index in [1.165, 1.54) is 38.8 Å². The molecule has 3 heteroatoms. The van der Waals surface area contributed by atoms with Crippen LogP contribution in [0.15, 0.2) is 0 Å². The Hall–Kier alpha value is -0.590. The average molecular weight is 249 g/mol. The second-order valence-corrected chi connectivity index (χ2v) is 6.03. The summed E-state index contributed by atoms with van der Waals surface area (Å²) in [5, 5.41) is 12.9. The minimum absolute atomic E-state index is 0.248. The maximum atomic E-state index is 9.50. The normalized spacial score (nSPS) is 37.6. The SMILES string of the molecule is CCNC1(C#N)CCCC(N2CCC(CC)C2)C1. The Morgan fingerprint density at radius 1 is 1.39 bits per heavy atom. The van der Waals surface area contributed by atoms with E-state index >= 15 is 0 Å². The molecule has 0 aromatic carbocycles. The topological polar surface area (TPSA) is 39.1 Å². The molecule has 2 fully saturated rings. The van der Waals surface area contributed by atoms with Crippen molar-refractivity contribution < 1.29 is 0 Å². The Morgan fingerprint density at radius 3 is 2.83 bits per heavy atom. The Bertz CT molecular complexity index is 305. The lowest BCUT2D eigenvalue weighted by atomic mass is 9.79. The molecule has 1 N–H and O–H groups in total. The van der Waals surface area contributed by atoms with Crippen LogP contribution in [0.1, 0.15) is 52.4 Å². The van der Waals surface area contributed by atoms with Gasteiger partial charge in [-0.2, -0.15) is 5.26 Å². The van der Waals surface area contributed by atoms with Gasteiger partial charge in [-0.15, -0.1) is 0 Å². The van der Waals surface area contributed by atoms with Gasteiger partial charge in [-0.3, -0.25) is 10.2 Å². The second kappa shape index (κ2) is 6.04. The third-order valence-electron chi connectivity index (χ3n) is 4.87. The van der Waals surface area contributed by atoms with Crippen molar-refractivity contribution in [2.75, 3.05) is 19.6 Å². The summed E-state index contributed by atoms with van der Waals surface area (Å²) in [6.45, 7) is 7.81. The first-order chi connectivity index (χ1) is 8.73. The van der Waals surface area contributed by atoms with Gasteiger partial charge in [0.1, 0.15) is 5.54 Å². The standard InChI is InChI=1S/C15H27N3/c1-3-13-7-9-18(11-13)14-6-5-8-15(10-14,12-16)17-4-2/h13-14,17H,3-11H2,1-2H3. The van der Waals surface area contributed by atoms with Gasteiger partial charge in [-0.25, -0.2) is 0 Å². The zero-order valence-corrected chi connectivity index (χ0v) is 11.9. The van der Waals surface area contributed by atoms with Crippen LogP contribution in [-0.4, -0.2) is 36.1 Å². The van der Waals surface area contributed by atoms with Crippen molar-refractivity contribution in [1.29, 1.82) is 5.26 Å². The third kappa shape index (κ3) is 2.87. The van der Waals surface area contributed by atoms with Crippen LogP contribution < -0.4 is 5.32 Å². The summed E-state index contributed by atoms with van der Waals surface area (Å²) in [6, 6.07) is 3.19. The number of hydrogen-bond acceptors (Lipinski definition) is 3. The molecule has 0 aromatic rings. The first-order valence-corrected chi connectivity index (χ1v) is 7.63. The molecule has 1 aliphatic heterocycles. The summed E-state index contributed by atoms with van der Waals surface area (Å²) in [7, 11) is 0. The fourth-order valence-corrected chi connectivity index (χ4v) is 3.73. The average Bonchev–Trinajstić information content (AvgIpc) is 2.88. The highest BCUT2D eigenvalue weighted by Gasteiger charge is 2.39. The molecule has 2 aliphatic rings. The van der Waals surface area contributed by atoms with Crippen LogP contribution in [-0.2, 0) is 0 Å². The monoisotopic (exact) mass is 249 g/mol. The van der Waals surface area contributed by atoms with E-state index in [2.05, 4.69) is 30.1 Å². The molecule has 0 amide bonds. The van der Waals surface area contributed by atoms with Crippen LogP contribution >= 0.6 is 0 Å². The van der Waals surface area contributed by atoms with Crippen molar-refractivity contribution in [2.24, 2.45) is 5.92 Å². The molecule has 3 unspecified atom stereocenters. The number of likely N-dealkylation sites (tertiary alicyclic amines) is 1. The quantitative estimate of drug-likeness (QED) is 0.832. The molecule has 0 bridgehead atoms. The van der Waals surface area contributed by atoms with E-state index in [4.69, 9.17) is 0 Å². The molecule has 3 nitrogen and oxygen atoms in total. The lowest BCUT2D eigenvalue weighted by molar-refractivity contribution is 0.140. The maximum absolute atomic E-state index is 9.50. The molecule has 1 saturated carbocycles. The fraction of sp³-hybridized carbons (Fsp3) is 0.933. The van der Waals surface area contributed by atoms with E-state index in [0.717, 1.165) is 25.3 Å². The van der Waals surface area contributed by atoms with Crippen LogP contribution in [0, 0.1) is 17.2 Å². The van der Waals surface area contributed by atoms with Crippen molar-refractivity contribution in [1.82, 2.24) is 10.2 Å². The molecule has 1 aliphatic carbocycles. The van der Waals surface area contributed by atoms with Gasteiger partial charge in [0.15, 0.2) is 0 Å². The minimum Gasteiger partial charge on any atom is -0.300 e. The number of rotatable bonds is 4. The predicted molar refractivity (Wildman–Crippen MR) is 74.2 cm³/mol. The molecule has 0 aromatic heterocycles.